The molecule has 1 aliphatic rings. The summed E-state index contributed by atoms with van der Waals surface area (Å²) in [5.74, 6) is 2.99. The van der Waals surface area contributed by atoms with Gasteiger partial charge >= 0.3 is 0 Å². The average molecular weight is 349 g/mol. The van der Waals surface area contributed by atoms with Gasteiger partial charge in [0.05, 0.1) is 19.7 Å². The maximum Gasteiger partial charge on any atom is 0.162 e. The van der Waals surface area contributed by atoms with Crippen LogP contribution in [0.3, 0.4) is 0 Å². The smallest absolute Gasteiger partial charge is 0.162 e. The van der Waals surface area contributed by atoms with E-state index in [0.29, 0.717) is 17.4 Å². The van der Waals surface area contributed by atoms with Gasteiger partial charge in [-0.3, -0.25) is 0 Å². The number of ether oxygens (including phenoxy) is 2. The number of aromatic nitrogens is 2. The van der Waals surface area contributed by atoms with Gasteiger partial charge < -0.3 is 14.4 Å². The zero-order valence-electron chi connectivity index (χ0n) is 15.2. The molecule has 0 amide bonds. The lowest BCUT2D eigenvalue weighted by Gasteiger charge is -2.33. The molecule has 5 nitrogen and oxygen atoms in total. The van der Waals surface area contributed by atoms with Crippen LogP contribution in [0.2, 0.25) is 0 Å². The zero-order chi connectivity index (χ0) is 17.9. The first-order valence-electron chi connectivity index (χ1n) is 8.96. The fraction of sp³-hybridized carbons (Fsp3) is 0.333. The van der Waals surface area contributed by atoms with Crippen molar-refractivity contribution in [1.82, 2.24) is 9.97 Å². The molecule has 0 radical (unpaired) electrons. The maximum absolute atomic E-state index is 5.46. The molecule has 1 aliphatic heterocycles. The molecule has 1 aromatic heterocycles. The van der Waals surface area contributed by atoms with E-state index >= 15 is 0 Å². The minimum Gasteiger partial charge on any atom is -0.493 e. The molecule has 5 heteroatoms. The van der Waals surface area contributed by atoms with Gasteiger partial charge in [0.1, 0.15) is 12.1 Å². The molecular formula is C21H23N3O2. The molecule has 4 rings (SSSR count). The fourth-order valence-corrected chi connectivity index (χ4v) is 3.77. The number of fused-ring (bicyclic) bond motifs is 1. The van der Waals surface area contributed by atoms with Crippen molar-refractivity contribution < 1.29 is 9.47 Å². The summed E-state index contributed by atoms with van der Waals surface area (Å²) in [6.07, 6.45) is 3.89. The summed E-state index contributed by atoms with van der Waals surface area (Å²) in [7, 11) is 3.29. The van der Waals surface area contributed by atoms with Crippen LogP contribution >= 0.6 is 0 Å². The van der Waals surface area contributed by atoms with Crippen LogP contribution in [0, 0.1) is 0 Å². The minimum absolute atomic E-state index is 0.621. The highest BCUT2D eigenvalue weighted by Crippen LogP contribution is 2.36. The lowest BCUT2D eigenvalue weighted by atomic mass is 9.89. The van der Waals surface area contributed by atoms with Crippen molar-refractivity contribution in [2.75, 3.05) is 32.2 Å². The van der Waals surface area contributed by atoms with Crippen molar-refractivity contribution in [2.24, 2.45) is 0 Å². The third kappa shape index (κ3) is 3.05. The predicted octanol–water partition coefficient (Wildman–Crippen LogP) is 4.03. The second kappa shape index (κ2) is 7.20. The van der Waals surface area contributed by atoms with Crippen LogP contribution in [-0.4, -0.2) is 37.3 Å². The molecule has 2 aromatic carbocycles. The minimum atomic E-state index is 0.621. The molecule has 2 heterocycles. The number of benzene rings is 2. The van der Waals surface area contributed by atoms with Crippen molar-refractivity contribution in [3.63, 3.8) is 0 Å². The first kappa shape index (κ1) is 16.6. The number of anilines is 1. The van der Waals surface area contributed by atoms with E-state index in [1.807, 2.05) is 12.1 Å². The molecule has 0 N–H and O–H groups in total. The van der Waals surface area contributed by atoms with Gasteiger partial charge in [-0.25, -0.2) is 9.97 Å². The van der Waals surface area contributed by atoms with E-state index in [1.165, 1.54) is 5.56 Å². The average Bonchev–Trinajstić information content (AvgIpc) is 2.73. The highest BCUT2D eigenvalue weighted by molar-refractivity contribution is 5.92. The van der Waals surface area contributed by atoms with Crippen molar-refractivity contribution in [3.05, 3.63) is 54.4 Å². The third-order valence-corrected chi connectivity index (χ3v) is 5.19. The van der Waals surface area contributed by atoms with Crippen LogP contribution in [0.1, 0.15) is 24.3 Å². The second-order valence-corrected chi connectivity index (χ2v) is 6.59. The molecule has 0 unspecified atom stereocenters. The zero-order valence-corrected chi connectivity index (χ0v) is 15.2. The Kier molecular flexibility index (Phi) is 4.61. The molecule has 0 bridgehead atoms. The number of methoxy groups -OCH3 is 2. The first-order chi connectivity index (χ1) is 12.8. The Morgan fingerprint density at radius 1 is 0.923 bits per heavy atom. The van der Waals surface area contributed by atoms with Crippen LogP contribution in [-0.2, 0) is 0 Å². The van der Waals surface area contributed by atoms with E-state index < -0.39 is 0 Å². The van der Waals surface area contributed by atoms with Crippen molar-refractivity contribution in [3.8, 4) is 11.5 Å². The van der Waals surface area contributed by atoms with Gasteiger partial charge in [0.25, 0.3) is 0 Å². The number of hydrogen-bond donors (Lipinski definition) is 0. The largest absolute Gasteiger partial charge is 0.493 e. The molecular weight excluding hydrogens is 326 g/mol. The van der Waals surface area contributed by atoms with Crippen LogP contribution in [0.25, 0.3) is 10.9 Å². The first-order valence-corrected chi connectivity index (χ1v) is 8.96. The lowest BCUT2D eigenvalue weighted by molar-refractivity contribution is 0.355. The van der Waals surface area contributed by atoms with E-state index in [0.717, 1.165) is 42.7 Å². The normalized spacial score (nSPS) is 15.2. The van der Waals surface area contributed by atoms with Gasteiger partial charge in [-0.2, -0.15) is 0 Å². The van der Waals surface area contributed by atoms with Gasteiger partial charge in [-0.15, -0.1) is 0 Å². The summed E-state index contributed by atoms with van der Waals surface area (Å²) in [5, 5.41) is 1.00. The molecule has 3 aromatic rings. The summed E-state index contributed by atoms with van der Waals surface area (Å²) < 4.78 is 10.9. The van der Waals surface area contributed by atoms with Crippen molar-refractivity contribution in [2.45, 2.75) is 18.8 Å². The van der Waals surface area contributed by atoms with Crippen LogP contribution < -0.4 is 14.4 Å². The molecule has 0 saturated carbocycles. The Morgan fingerprint density at radius 3 is 2.31 bits per heavy atom. The quantitative estimate of drug-likeness (QED) is 0.712. The number of piperidine rings is 1. The van der Waals surface area contributed by atoms with Crippen LogP contribution in [0.5, 0.6) is 11.5 Å². The summed E-state index contributed by atoms with van der Waals surface area (Å²) in [6, 6.07) is 14.7. The highest BCUT2D eigenvalue weighted by Gasteiger charge is 2.23. The van der Waals surface area contributed by atoms with Gasteiger partial charge in [0, 0.05) is 24.5 Å². The van der Waals surface area contributed by atoms with Gasteiger partial charge in [0.15, 0.2) is 11.5 Å². The van der Waals surface area contributed by atoms with Crippen LogP contribution in [0.15, 0.2) is 48.8 Å². The summed E-state index contributed by atoms with van der Waals surface area (Å²) >= 11 is 0. The Bertz CT molecular complexity index is 890. The van der Waals surface area contributed by atoms with Crippen molar-refractivity contribution >= 4 is 16.7 Å². The predicted molar refractivity (Wildman–Crippen MR) is 103 cm³/mol. The summed E-state index contributed by atoms with van der Waals surface area (Å²) in [4.78, 5) is 11.3. The SMILES string of the molecule is COc1cc2ncnc(N3CCC(c4ccccc4)CC3)c2cc1OC. The summed E-state index contributed by atoms with van der Waals surface area (Å²) in [6.45, 7) is 1.97. The molecule has 26 heavy (non-hydrogen) atoms. The van der Waals surface area contributed by atoms with E-state index in [4.69, 9.17) is 9.47 Å². The Labute approximate surface area is 153 Å². The van der Waals surface area contributed by atoms with Gasteiger partial charge in [0.2, 0.25) is 0 Å². The lowest BCUT2D eigenvalue weighted by Crippen LogP contribution is -2.33. The standard InChI is InChI=1S/C21H23N3O2/c1-25-19-12-17-18(13-20(19)26-2)22-14-23-21(17)24-10-8-16(9-11-24)15-6-4-3-5-7-15/h3-7,12-14,16H,8-11H2,1-2H3. The second-order valence-electron chi connectivity index (χ2n) is 6.59. The molecule has 0 aliphatic carbocycles. The van der Waals surface area contributed by atoms with E-state index in [-0.39, 0.29) is 0 Å². The van der Waals surface area contributed by atoms with Gasteiger partial charge in [-0.05, 0) is 30.4 Å². The monoisotopic (exact) mass is 349 g/mol. The van der Waals surface area contributed by atoms with Crippen molar-refractivity contribution in [1.29, 1.82) is 0 Å². The molecule has 0 atom stereocenters. The Hall–Kier alpha value is -2.82. The third-order valence-electron chi connectivity index (χ3n) is 5.19. The summed E-state index contributed by atoms with van der Waals surface area (Å²) in [5.41, 5.74) is 2.31. The number of hydrogen-bond acceptors (Lipinski definition) is 5. The maximum atomic E-state index is 5.46. The fourth-order valence-electron chi connectivity index (χ4n) is 3.77. The number of nitrogens with zero attached hydrogens (tertiary/aromatic N) is 3. The van der Waals surface area contributed by atoms with E-state index in [1.54, 1.807) is 20.5 Å². The molecule has 0 spiro atoms. The molecule has 1 fully saturated rings. The topological polar surface area (TPSA) is 47.5 Å². The number of rotatable bonds is 4. The Morgan fingerprint density at radius 2 is 1.62 bits per heavy atom. The molecule has 1 saturated heterocycles. The highest BCUT2D eigenvalue weighted by atomic mass is 16.5. The Balaban J connectivity index is 1.61. The van der Waals surface area contributed by atoms with Crippen LogP contribution in [0.4, 0.5) is 5.82 Å². The van der Waals surface area contributed by atoms with Gasteiger partial charge in [-0.1, -0.05) is 30.3 Å². The van der Waals surface area contributed by atoms with E-state index in [9.17, 15) is 0 Å². The van der Waals surface area contributed by atoms with E-state index in [2.05, 4.69) is 45.2 Å². The molecule has 134 valence electrons.